The highest BCUT2D eigenvalue weighted by molar-refractivity contribution is 7.97. The summed E-state index contributed by atoms with van der Waals surface area (Å²) in [6, 6.07) is 6.71. The topological polar surface area (TPSA) is 77.5 Å². The molecular weight excluding hydrogens is 384 g/mol. The van der Waals surface area contributed by atoms with Gasteiger partial charge in [-0.15, -0.1) is 0 Å². The van der Waals surface area contributed by atoms with E-state index in [-0.39, 0.29) is 26.9 Å². The number of unbranched alkanes of at least 4 members (excludes halogenated alkanes) is 4. The van der Waals surface area contributed by atoms with E-state index in [9.17, 15) is 17.4 Å². The maximum atomic E-state index is 13.0. The van der Waals surface area contributed by atoms with Crippen molar-refractivity contribution in [1.82, 2.24) is 0 Å². The van der Waals surface area contributed by atoms with Gasteiger partial charge in [-0.25, -0.2) is 12.6 Å². The summed E-state index contributed by atoms with van der Waals surface area (Å²) >= 11 is -1.90. The molecule has 5 nitrogen and oxygen atoms in total. The summed E-state index contributed by atoms with van der Waals surface area (Å²) in [5.41, 5.74) is 0.618. The molecule has 146 valence electrons. The molecule has 2 aliphatic rings. The zero-order chi connectivity index (χ0) is 19.4. The van der Waals surface area contributed by atoms with Gasteiger partial charge >= 0.3 is 0 Å². The van der Waals surface area contributed by atoms with Gasteiger partial charge in [-0.05, 0) is 24.1 Å². The van der Waals surface area contributed by atoms with Crippen LogP contribution < -0.4 is 0 Å². The largest absolute Gasteiger partial charge is 0.401 e. The number of carbonyl (C=O) groups is 1. The van der Waals surface area contributed by atoms with Gasteiger partial charge in [-0.2, -0.15) is 0 Å². The van der Waals surface area contributed by atoms with Crippen molar-refractivity contribution in [3.05, 3.63) is 51.5 Å². The summed E-state index contributed by atoms with van der Waals surface area (Å²) in [6.07, 6.45) is 8.26. The standard InChI is InChI=1S/C20H24O5S2/c1-2-3-4-5-6-10-16(14-21)17-13-20-18(26(22)25-17)12-15-9-7-8-11-19(15)27(20,23)24/h7-9,11,13-14,16H,2-6,10,12H2,1H3. The van der Waals surface area contributed by atoms with Crippen LogP contribution in [0.2, 0.25) is 0 Å². The number of aldehydes is 1. The Hall–Kier alpha value is -1.73. The zero-order valence-corrected chi connectivity index (χ0v) is 17.0. The van der Waals surface area contributed by atoms with Crippen molar-refractivity contribution in [3.63, 3.8) is 0 Å². The first-order valence-corrected chi connectivity index (χ1v) is 11.9. The Bertz CT molecular complexity index is 912. The molecule has 0 radical (unpaired) electrons. The average molecular weight is 409 g/mol. The van der Waals surface area contributed by atoms with Crippen LogP contribution in [0.1, 0.15) is 51.0 Å². The molecule has 3 rings (SSSR count). The summed E-state index contributed by atoms with van der Waals surface area (Å²) in [7, 11) is -3.77. The van der Waals surface area contributed by atoms with E-state index in [1.807, 2.05) is 0 Å². The fourth-order valence-corrected chi connectivity index (χ4v) is 6.54. The quantitative estimate of drug-likeness (QED) is 0.480. The lowest BCUT2D eigenvalue weighted by molar-refractivity contribution is -0.110. The monoisotopic (exact) mass is 408 g/mol. The fourth-order valence-electron chi connectivity index (χ4n) is 3.44. The highest BCUT2D eigenvalue weighted by Gasteiger charge is 2.38. The number of rotatable bonds is 8. The summed E-state index contributed by atoms with van der Waals surface area (Å²) in [6.45, 7) is 2.14. The third-order valence-corrected chi connectivity index (χ3v) is 8.13. The molecule has 0 amide bonds. The van der Waals surface area contributed by atoms with E-state index in [1.54, 1.807) is 24.3 Å². The Morgan fingerprint density at radius 1 is 1.19 bits per heavy atom. The Balaban J connectivity index is 1.86. The van der Waals surface area contributed by atoms with E-state index >= 15 is 0 Å². The van der Waals surface area contributed by atoms with E-state index in [0.717, 1.165) is 38.4 Å². The van der Waals surface area contributed by atoms with Gasteiger partial charge in [0.15, 0.2) is 0 Å². The second kappa shape index (κ2) is 8.52. The maximum Gasteiger partial charge on any atom is 0.237 e. The van der Waals surface area contributed by atoms with E-state index < -0.39 is 26.8 Å². The minimum absolute atomic E-state index is 0.0265. The zero-order valence-electron chi connectivity index (χ0n) is 15.3. The Labute approximate surface area is 163 Å². The molecule has 0 aliphatic carbocycles. The van der Waals surface area contributed by atoms with Crippen LogP contribution in [0.5, 0.6) is 0 Å². The first-order valence-electron chi connectivity index (χ1n) is 9.32. The predicted octanol–water partition coefficient (Wildman–Crippen LogP) is 3.98. The van der Waals surface area contributed by atoms with Gasteiger partial charge in [0.2, 0.25) is 20.9 Å². The van der Waals surface area contributed by atoms with Crippen molar-refractivity contribution in [2.24, 2.45) is 5.92 Å². The third kappa shape index (κ3) is 4.09. The molecule has 0 saturated carbocycles. The summed E-state index contributed by atoms with van der Waals surface area (Å²) in [5.74, 6) is -0.377. The highest BCUT2D eigenvalue weighted by atomic mass is 32.2. The second-order valence-electron chi connectivity index (χ2n) is 6.89. The number of hydrogen-bond acceptors (Lipinski definition) is 5. The molecule has 0 N–H and O–H groups in total. The highest BCUT2D eigenvalue weighted by Crippen LogP contribution is 2.40. The molecule has 0 saturated heterocycles. The summed E-state index contributed by atoms with van der Waals surface area (Å²) < 4.78 is 44.0. The Morgan fingerprint density at radius 2 is 1.93 bits per heavy atom. The SMILES string of the molecule is CCCCCCCC(C=O)C1=CC2=C(Cc3ccccc3S2(=O)=O)S(=O)O1. The number of allylic oxidation sites excluding steroid dienone is 3. The first kappa shape index (κ1) is 20.0. The second-order valence-corrected chi connectivity index (χ2v) is 9.90. The molecule has 2 aliphatic heterocycles. The lowest BCUT2D eigenvalue weighted by Gasteiger charge is -2.26. The number of benzene rings is 1. The van der Waals surface area contributed by atoms with Gasteiger partial charge in [0, 0.05) is 6.42 Å². The maximum absolute atomic E-state index is 13.0. The number of hydrogen-bond donors (Lipinski definition) is 0. The molecule has 0 fully saturated rings. The van der Waals surface area contributed by atoms with Crippen LogP contribution in [-0.4, -0.2) is 18.9 Å². The minimum atomic E-state index is -3.77. The van der Waals surface area contributed by atoms with Crippen LogP contribution in [0.3, 0.4) is 0 Å². The van der Waals surface area contributed by atoms with E-state index in [4.69, 9.17) is 4.18 Å². The van der Waals surface area contributed by atoms with Gasteiger partial charge in [-0.1, -0.05) is 57.2 Å². The molecule has 2 unspecified atom stereocenters. The number of carbonyl (C=O) groups excluding carboxylic acids is 1. The summed E-state index contributed by atoms with van der Waals surface area (Å²) in [5, 5.41) is 0. The molecule has 1 aromatic carbocycles. The Morgan fingerprint density at radius 3 is 2.67 bits per heavy atom. The van der Waals surface area contributed by atoms with E-state index in [1.165, 1.54) is 6.08 Å². The predicted molar refractivity (Wildman–Crippen MR) is 105 cm³/mol. The van der Waals surface area contributed by atoms with E-state index in [2.05, 4.69) is 6.92 Å². The molecule has 0 aromatic heterocycles. The number of sulfone groups is 1. The number of fused-ring (bicyclic) bond motifs is 1. The van der Waals surface area contributed by atoms with Crippen LogP contribution in [0, 0.1) is 5.92 Å². The van der Waals surface area contributed by atoms with Crippen LogP contribution in [0.4, 0.5) is 0 Å². The first-order chi connectivity index (χ1) is 13.0. The molecular formula is C20H24O5S2. The summed E-state index contributed by atoms with van der Waals surface area (Å²) in [4.78, 5) is 12.1. The van der Waals surface area contributed by atoms with Gasteiger partial charge in [0.1, 0.15) is 12.0 Å². The molecule has 27 heavy (non-hydrogen) atoms. The minimum Gasteiger partial charge on any atom is -0.401 e. The molecule has 7 heteroatoms. The van der Waals surface area contributed by atoms with Crippen LogP contribution in [-0.2, 0) is 36.3 Å². The lowest BCUT2D eigenvalue weighted by Crippen LogP contribution is -2.24. The molecule has 2 heterocycles. The van der Waals surface area contributed by atoms with Crippen molar-refractivity contribution in [2.45, 2.75) is 56.8 Å². The van der Waals surface area contributed by atoms with Crippen LogP contribution in [0.15, 0.2) is 50.8 Å². The molecule has 0 spiro atoms. The normalized spacial score (nSPS) is 21.5. The fraction of sp³-hybridized carbons (Fsp3) is 0.450. The third-order valence-electron chi connectivity index (χ3n) is 4.97. The van der Waals surface area contributed by atoms with Gasteiger partial charge in [0.25, 0.3) is 0 Å². The molecule has 0 bridgehead atoms. The van der Waals surface area contributed by atoms with Crippen LogP contribution >= 0.6 is 0 Å². The molecule has 2 atom stereocenters. The van der Waals surface area contributed by atoms with Crippen molar-refractivity contribution in [2.75, 3.05) is 0 Å². The Kier molecular flexibility index (Phi) is 6.32. The average Bonchev–Trinajstić information content (AvgIpc) is 2.66. The van der Waals surface area contributed by atoms with Gasteiger partial charge < -0.3 is 8.98 Å². The van der Waals surface area contributed by atoms with Crippen molar-refractivity contribution < 1.29 is 21.6 Å². The smallest absolute Gasteiger partial charge is 0.237 e. The van der Waals surface area contributed by atoms with Crippen LogP contribution in [0.25, 0.3) is 0 Å². The molecule has 1 aromatic rings. The van der Waals surface area contributed by atoms with Crippen molar-refractivity contribution in [1.29, 1.82) is 0 Å². The lowest BCUT2D eigenvalue weighted by atomic mass is 9.99. The van der Waals surface area contributed by atoms with Crippen molar-refractivity contribution in [3.8, 4) is 0 Å². The van der Waals surface area contributed by atoms with Gasteiger partial charge in [0.05, 0.1) is 20.6 Å². The van der Waals surface area contributed by atoms with Gasteiger partial charge in [-0.3, -0.25) is 0 Å². The van der Waals surface area contributed by atoms with Crippen molar-refractivity contribution >= 4 is 27.2 Å². The van der Waals surface area contributed by atoms with E-state index in [0.29, 0.717) is 12.0 Å².